The molecule has 4 heteroatoms. The predicted octanol–water partition coefficient (Wildman–Crippen LogP) is 3.30. The Labute approximate surface area is 125 Å². The number of imidazole rings is 1. The van der Waals surface area contributed by atoms with Gasteiger partial charge in [-0.2, -0.15) is 11.8 Å². The zero-order valence-electron chi connectivity index (χ0n) is 12.4. The molecule has 2 aliphatic heterocycles. The number of nitrogens with zero attached hydrogens (tertiary/aromatic N) is 2. The van der Waals surface area contributed by atoms with Crippen LogP contribution in [0.4, 0.5) is 0 Å². The van der Waals surface area contributed by atoms with E-state index in [-0.39, 0.29) is 5.60 Å². The summed E-state index contributed by atoms with van der Waals surface area (Å²) in [5.74, 6) is 3.71. The SMILES string of the molecule is Cc1nc2c(n1C1CCOC3(CCSC3)C1)CCCC2. The Kier molecular flexibility index (Phi) is 3.34. The van der Waals surface area contributed by atoms with Gasteiger partial charge in [0.1, 0.15) is 5.82 Å². The van der Waals surface area contributed by atoms with Crippen LogP contribution in [-0.4, -0.2) is 33.3 Å². The molecule has 0 amide bonds. The third-order valence-corrected chi connectivity index (χ3v) is 6.47. The second-order valence-corrected chi connectivity index (χ2v) is 7.72. The summed E-state index contributed by atoms with van der Waals surface area (Å²) >= 11 is 2.06. The van der Waals surface area contributed by atoms with E-state index in [9.17, 15) is 0 Å². The average molecular weight is 292 g/mol. The topological polar surface area (TPSA) is 27.1 Å². The molecule has 1 aliphatic carbocycles. The van der Waals surface area contributed by atoms with Gasteiger partial charge in [0, 0.05) is 24.1 Å². The maximum Gasteiger partial charge on any atom is 0.106 e. The molecule has 0 radical (unpaired) electrons. The smallest absolute Gasteiger partial charge is 0.106 e. The Balaban J connectivity index is 1.65. The van der Waals surface area contributed by atoms with Crippen molar-refractivity contribution in [1.29, 1.82) is 0 Å². The highest BCUT2D eigenvalue weighted by atomic mass is 32.2. The molecule has 3 aliphatic rings. The highest BCUT2D eigenvalue weighted by Gasteiger charge is 2.41. The molecule has 3 heterocycles. The van der Waals surface area contributed by atoms with Crippen LogP contribution in [0.5, 0.6) is 0 Å². The van der Waals surface area contributed by atoms with E-state index < -0.39 is 0 Å². The largest absolute Gasteiger partial charge is 0.374 e. The van der Waals surface area contributed by atoms with E-state index in [1.165, 1.54) is 61.5 Å². The highest BCUT2D eigenvalue weighted by molar-refractivity contribution is 7.99. The van der Waals surface area contributed by atoms with Crippen molar-refractivity contribution in [2.45, 2.75) is 63.5 Å². The number of fused-ring (bicyclic) bond motifs is 1. The lowest BCUT2D eigenvalue weighted by Gasteiger charge is -2.39. The minimum absolute atomic E-state index is 0.172. The lowest BCUT2D eigenvalue weighted by molar-refractivity contribution is -0.0767. The number of hydrogen-bond acceptors (Lipinski definition) is 3. The van der Waals surface area contributed by atoms with Gasteiger partial charge in [0.15, 0.2) is 0 Å². The Bertz CT molecular complexity index is 505. The molecule has 110 valence electrons. The summed E-state index contributed by atoms with van der Waals surface area (Å²) in [4.78, 5) is 4.86. The molecular formula is C16H24N2OS. The van der Waals surface area contributed by atoms with Gasteiger partial charge in [0.05, 0.1) is 11.3 Å². The van der Waals surface area contributed by atoms with Crippen molar-refractivity contribution in [3.8, 4) is 0 Å². The third kappa shape index (κ3) is 2.12. The second-order valence-electron chi connectivity index (χ2n) is 6.61. The fourth-order valence-corrected chi connectivity index (χ4v) is 5.65. The quantitative estimate of drug-likeness (QED) is 0.794. The van der Waals surface area contributed by atoms with Crippen LogP contribution in [0.15, 0.2) is 0 Å². The zero-order chi connectivity index (χ0) is 13.6. The molecule has 1 spiro atoms. The van der Waals surface area contributed by atoms with Crippen LogP contribution in [-0.2, 0) is 17.6 Å². The standard InChI is InChI=1S/C16H24N2OS/c1-12-17-14-4-2-3-5-15(14)18(12)13-6-8-19-16(10-13)7-9-20-11-16/h13H,2-11H2,1H3. The van der Waals surface area contributed by atoms with Crippen LogP contribution in [0.25, 0.3) is 0 Å². The number of aromatic nitrogens is 2. The molecule has 0 saturated carbocycles. The molecule has 0 N–H and O–H groups in total. The molecule has 4 rings (SSSR count). The van der Waals surface area contributed by atoms with Gasteiger partial charge in [-0.15, -0.1) is 0 Å². The van der Waals surface area contributed by atoms with E-state index in [4.69, 9.17) is 9.72 Å². The van der Waals surface area contributed by atoms with Crippen molar-refractivity contribution in [1.82, 2.24) is 9.55 Å². The van der Waals surface area contributed by atoms with Crippen LogP contribution in [0.3, 0.4) is 0 Å². The third-order valence-electron chi connectivity index (χ3n) is 5.25. The molecule has 1 aromatic heterocycles. The highest BCUT2D eigenvalue weighted by Crippen LogP contribution is 2.43. The maximum atomic E-state index is 6.18. The summed E-state index contributed by atoms with van der Waals surface area (Å²) in [6.45, 7) is 3.13. The van der Waals surface area contributed by atoms with Gasteiger partial charge in [-0.1, -0.05) is 0 Å². The van der Waals surface area contributed by atoms with Gasteiger partial charge >= 0.3 is 0 Å². The normalized spacial score (nSPS) is 33.5. The van der Waals surface area contributed by atoms with E-state index in [2.05, 4.69) is 23.3 Å². The molecule has 2 atom stereocenters. The van der Waals surface area contributed by atoms with Crippen molar-refractivity contribution in [3.63, 3.8) is 0 Å². The van der Waals surface area contributed by atoms with Gasteiger partial charge in [-0.05, 0) is 57.6 Å². The van der Waals surface area contributed by atoms with E-state index in [1.807, 2.05) is 0 Å². The van der Waals surface area contributed by atoms with Crippen LogP contribution in [0.2, 0.25) is 0 Å². The number of rotatable bonds is 1. The monoisotopic (exact) mass is 292 g/mol. The molecule has 0 aromatic carbocycles. The first-order valence-electron chi connectivity index (χ1n) is 8.06. The minimum atomic E-state index is 0.172. The van der Waals surface area contributed by atoms with E-state index >= 15 is 0 Å². The Morgan fingerprint density at radius 3 is 3.10 bits per heavy atom. The first-order chi connectivity index (χ1) is 9.77. The van der Waals surface area contributed by atoms with Crippen LogP contribution >= 0.6 is 11.8 Å². The van der Waals surface area contributed by atoms with Crippen molar-refractivity contribution in [2.24, 2.45) is 0 Å². The van der Waals surface area contributed by atoms with Crippen molar-refractivity contribution in [2.75, 3.05) is 18.1 Å². The fraction of sp³-hybridized carbons (Fsp3) is 0.812. The average Bonchev–Trinajstić information content (AvgIpc) is 3.02. The summed E-state index contributed by atoms with van der Waals surface area (Å²) in [5, 5.41) is 0. The fourth-order valence-electron chi connectivity index (χ4n) is 4.27. The number of ether oxygens (including phenoxy) is 1. The van der Waals surface area contributed by atoms with Gasteiger partial charge in [0.2, 0.25) is 0 Å². The molecule has 2 saturated heterocycles. The number of thioether (sulfide) groups is 1. The molecule has 0 bridgehead atoms. The van der Waals surface area contributed by atoms with Crippen LogP contribution < -0.4 is 0 Å². The zero-order valence-corrected chi connectivity index (χ0v) is 13.2. The minimum Gasteiger partial charge on any atom is -0.374 e. The van der Waals surface area contributed by atoms with Gasteiger partial charge < -0.3 is 9.30 Å². The summed E-state index contributed by atoms with van der Waals surface area (Å²) in [6.07, 6.45) is 8.67. The first-order valence-corrected chi connectivity index (χ1v) is 9.21. The summed E-state index contributed by atoms with van der Waals surface area (Å²) in [7, 11) is 0. The van der Waals surface area contributed by atoms with E-state index in [1.54, 1.807) is 5.69 Å². The first kappa shape index (κ1) is 13.2. The second kappa shape index (κ2) is 5.06. The lowest BCUT2D eigenvalue weighted by Crippen LogP contribution is -2.41. The lowest BCUT2D eigenvalue weighted by atomic mass is 9.89. The molecule has 2 unspecified atom stereocenters. The van der Waals surface area contributed by atoms with Crippen molar-refractivity contribution in [3.05, 3.63) is 17.2 Å². The van der Waals surface area contributed by atoms with Crippen LogP contribution in [0.1, 0.15) is 55.4 Å². The molecule has 2 fully saturated rings. The maximum absolute atomic E-state index is 6.18. The number of aryl methyl sites for hydroxylation is 2. The van der Waals surface area contributed by atoms with Gasteiger partial charge in [-0.25, -0.2) is 4.98 Å². The molecule has 1 aromatic rings. The summed E-state index contributed by atoms with van der Waals surface area (Å²) < 4.78 is 8.77. The summed E-state index contributed by atoms with van der Waals surface area (Å²) in [6, 6.07) is 0.622. The molecule has 20 heavy (non-hydrogen) atoms. The predicted molar refractivity (Wildman–Crippen MR) is 82.5 cm³/mol. The Hall–Kier alpha value is -0.480. The van der Waals surface area contributed by atoms with E-state index in [0.29, 0.717) is 6.04 Å². The van der Waals surface area contributed by atoms with Crippen molar-refractivity contribution < 1.29 is 4.74 Å². The van der Waals surface area contributed by atoms with Gasteiger partial charge in [-0.3, -0.25) is 0 Å². The Morgan fingerprint density at radius 2 is 2.25 bits per heavy atom. The number of hydrogen-bond donors (Lipinski definition) is 0. The Morgan fingerprint density at radius 1 is 1.35 bits per heavy atom. The molecule has 3 nitrogen and oxygen atoms in total. The summed E-state index contributed by atoms with van der Waals surface area (Å²) in [5.41, 5.74) is 3.10. The van der Waals surface area contributed by atoms with E-state index in [0.717, 1.165) is 13.0 Å². The molecular weight excluding hydrogens is 268 g/mol. The van der Waals surface area contributed by atoms with Gasteiger partial charge in [0.25, 0.3) is 0 Å². The van der Waals surface area contributed by atoms with Crippen molar-refractivity contribution >= 4 is 11.8 Å². The van der Waals surface area contributed by atoms with Crippen LogP contribution in [0, 0.1) is 6.92 Å².